The van der Waals surface area contributed by atoms with Crippen molar-refractivity contribution in [1.29, 1.82) is 0 Å². The first kappa shape index (κ1) is 38.8. The molecule has 2 rings (SSSR count). The number of primary amides is 2. The van der Waals surface area contributed by atoms with Gasteiger partial charge in [-0.25, -0.2) is 0 Å². The minimum Gasteiger partial charge on any atom is -0.481 e. The van der Waals surface area contributed by atoms with E-state index < -0.39 is 47.7 Å². The number of carbonyl (C=O) groups excluding carboxylic acids is 5. The van der Waals surface area contributed by atoms with Crippen LogP contribution in [-0.2, 0) is 45.0 Å². The maximum absolute atomic E-state index is 13.7. The number of hydrogen-bond acceptors (Lipinski definition) is 10. The Balaban J connectivity index is 2.00. The molecule has 0 spiro atoms. The van der Waals surface area contributed by atoms with Crippen molar-refractivity contribution < 1.29 is 38.6 Å². The van der Waals surface area contributed by atoms with Crippen LogP contribution in [0, 0.1) is 5.92 Å². The number of aliphatic carboxylic acids is 1. The molecule has 0 aromatic carbocycles. The van der Waals surface area contributed by atoms with E-state index in [-0.39, 0.29) is 56.6 Å². The predicted molar refractivity (Wildman–Crippen MR) is 175 cm³/mol. The van der Waals surface area contributed by atoms with E-state index in [2.05, 4.69) is 20.9 Å². The van der Waals surface area contributed by atoms with Crippen LogP contribution in [0.3, 0.4) is 0 Å². The van der Waals surface area contributed by atoms with E-state index in [0.717, 1.165) is 11.4 Å². The molecule has 14 nitrogen and oxygen atoms in total. The van der Waals surface area contributed by atoms with Crippen LogP contribution in [0.4, 0.5) is 0 Å². The number of nitrogens with one attached hydrogen (secondary N) is 3. The van der Waals surface area contributed by atoms with Gasteiger partial charge in [0, 0.05) is 68.3 Å². The number of nitrogens with zero attached hydrogens (tertiary/aromatic N) is 1. The van der Waals surface area contributed by atoms with E-state index in [1.165, 1.54) is 11.8 Å². The van der Waals surface area contributed by atoms with Crippen LogP contribution in [0.1, 0.15) is 70.2 Å². The quantitative estimate of drug-likeness (QED) is 0.0995. The summed E-state index contributed by atoms with van der Waals surface area (Å²) in [4.78, 5) is 78.7. The molecule has 1 saturated heterocycles. The Morgan fingerprint density at radius 3 is 2.13 bits per heavy atom. The largest absolute Gasteiger partial charge is 0.481 e. The highest BCUT2D eigenvalue weighted by Gasteiger charge is 2.43. The summed E-state index contributed by atoms with van der Waals surface area (Å²) in [6, 6.07) is 3.45. The molecule has 1 fully saturated rings. The summed E-state index contributed by atoms with van der Waals surface area (Å²) in [5, 5.41) is 17.3. The number of amides is 5. The molecule has 1 aliphatic heterocycles. The van der Waals surface area contributed by atoms with Gasteiger partial charge in [0.25, 0.3) is 0 Å². The first-order chi connectivity index (χ1) is 21.9. The Hall–Kier alpha value is -3.37. The summed E-state index contributed by atoms with van der Waals surface area (Å²) in [5.41, 5.74) is 11.0. The smallest absolute Gasteiger partial charge is 0.303 e. The molecule has 1 aromatic rings. The zero-order valence-electron chi connectivity index (χ0n) is 26.4. The SMILES string of the molecule is CC[C@H](C)[C@H](NC(=O)[C@H](CCC(=O)O)NC(=O)C1(NC(=O)CCSCc2cccc(CSCCC(N)=O)n2)CCOCC1)C(N)=O. The van der Waals surface area contributed by atoms with Gasteiger partial charge in [-0.3, -0.25) is 33.8 Å². The van der Waals surface area contributed by atoms with Crippen molar-refractivity contribution in [1.82, 2.24) is 20.9 Å². The summed E-state index contributed by atoms with van der Waals surface area (Å²) in [5.74, 6) is -1.90. The van der Waals surface area contributed by atoms with Crippen molar-refractivity contribution in [2.45, 2.75) is 87.9 Å². The molecule has 46 heavy (non-hydrogen) atoms. The molecule has 3 atom stereocenters. The number of rotatable bonds is 21. The molecule has 8 N–H and O–H groups in total. The number of carboxylic acids is 1. The van der Waals surface area contributed by atoms with Gasteiger partial charge in [0.05, 0.1) is 11.4 Å². The predicted octanol–water partition coefficient (Wildman–Crippen LogP) is 0.845. The molecule has 0 aliphatic carbocycles. The monoisotopic (exact) mass is 682 g/mol. The highest BCUT2D eigenvalue weighted by atomic mass is 32.2. The van der Waals surface area contributed by atoms with Gasteiger partial charge in [-0.1, -0.05) is 26.3 Å². The fraction of sp³-hybridized carbons (Fsp3) is 0.633. The number of nitrogens with two attached hydrogens (primary N) is 2. The number of pyridine rings is 1. The normalized spacial score (nSPS) is 16.0. The Labute approximate surface area is 277 Å². The third kappa shape index (κ3) is 13.5. The number of carboxylic acid groups (broad SMARTS) is 1. The molecule has 1 aromatic heterocycles. The van der Waals surface area contributed by atoms with Crippen molar-refractivity contribution in [2.24, 2.45) is 17.4 Å². The second-order valence-corrected chi connectivity index (χ2v) is 13.4. The van der Waals surface area contributed by atoms with Gasteiger partial charge in [0.1, 0.15) is 17.6 Å². The van der Waals surface area contributed by atoms with Crippen LogP contribution >= 0.6 is 23.5 Å². The lowest BCUT2D eigenvalue weighted by Crippen LogP contribution is -2.64. The van der Waals surface area contributed by atoms with E-state index >= 15 is 0 Å². The highest BCUT2D eigenvalue weighted by molar-refractivity contribution is 7.98. The molecule has 0 radical (unpaired) electrons. The van der Waals surface area contributed by atoms with Gasteiger partial charge in [0.2, 0.25) is 29.5 Å². The summed E-state index contributed by atoms with van der Waals surface area (Å²) < 4.78 is 5.43. The highest BCUT2D eigenvalue weighted by Crippen LogP contribution is 2.23. The molecule has 2 heterocycles. The van der Waals surface area contributed by atoms with E-state index in [9.17, 15) is 33.9 Å². The molecular formula is C30H46N6O8S2. The average Bonchev–Trinajstić information content (AvgIpc) is 3.02. The van der Waals surface area contributed by atoms with Gasteiger partial charge in [-0.15, -0.1) is 0 Å². The van der Waals surface area contributed by atoms with Crippen molar-refractivity contribution in [2.75, 3.05) is 24.7 Å². The second kappa shape index (κ2) is 20.0. The molecule has 0 saturated carbocycles. The molecular weight excluding hydrogens is 636 g/mol. The van der Waals surface area contributed by atoms with Gasteiger partial charge in [-0.2, -0.15) is 23.5 Å². The van der Waals surface area contributed by atoms with Crippen LogP contribution in [0.15, 0.2) is 18.2 Å². The fourth-order valence-corrected chi connectivity index (χ4v) is 6.36. The maximum Gasteiger partial charge on any atom is 0.303 e. The van der Waals surface area contributed by atoms with Crippen LogP contribution < -0.4 is 27.4 Å². The van der Waals surface area contributed by atoms with E-state index in [4.69, 9.17) is 16.2 Å². The third-order valence-corrected chi connectivity index (χ3v) is 9.56. The summed E-state index contributed by atoms with van der Waals surface area (Å²) in [6.45, 7) is 3.98. The Morgan fingerprint density at radius 2 is 1.59 bits per heavy atom. The summed E-state index contributed by atoms with van der Waals surface area (Å²) in [7, 11) is 0. The lowest BCUT2D eigenvalue weighted by molar-refractivity contribution is -0.141. The molecule has 0 unspecified atom stereocenters. The standard InChI is InChI=1S/C30H46N6O8S2/c1-3-19(2)26(27(32)41)35-28(42)22(7-8-25(39)40)34-29(43)30(11-13-44-14-12-30)36-24(38)10-16-46-18-21-6-4-5-20(33-21)17-45-15-9-23(31)37/h4-6,19,22,26H,3,7-18H2,1-2H3,(H2,31,37)(H2,32,41)(H,34,43)(H,35,42)(H,36,38)(H,39,40)/t19-,22-,26-/m0/s1. The summed E-state index contributed by atoms with van der Waals surface area (Å²) >= 11 is 3.09. The van der Waals surface area contributed by atoms with E-state index in [1.807, 2.05) is 25.1 Å². The molecule has 5 amide bonds. The van der Waals surface area contributed by atoms with Gasteiger partial charge in [-0.05, 0) is 24.5 Å². The van der Waals surface area contributed by atoms with E-state index in [0.29, 0.717) is 35.9 Å². The van der Waals surface area contributed by atoms with Crippen LogP contribution in [0.2, 0.25) is 0 Å². The van der Waals surface area contributed by atoms with Gasteiger partial charge in [0.15, 0.2) is 0 Å². The fourth-order valence-electron chi connectivity index (χ4n) is 4.66. The van der Waals surface area contributed by atoms with Crippen molar-refractivity contribution in [3.63, 3.8) is 0 Å². The number of thioether (sulfide) groups is 2. The number of aromatic nitrogens is 1. The minimum absolute atomic E-state index is 0.126. The number of hydrogen-bond donors (Lipinski definition) is 6. The lowest BCUT2D eigenvalue weighted by atomic mass is 9.88. The summed E-state index contributed by atoms with van der Waals surface area (Å²) in [6.07, 6.45) is 0.683. The Kier molecular flexibility index (Phi) is 16.9. The molecule has 256 valence electrons. The topological polar surface area (TPSA) is 233 Å². The third-order valence-electron chi connectivity index (χ3n) is 7.58. The van der Waals surface area contributed by atoms with Gasteiger partial charge >= 0.3 is 5.97 Å². The first-order valence-corrected chi connectivity index (χ1v) is 17.6. The van der Waals surface area contributed by atoms with E-state index in [1.54, 1.807) is 18.7 Å². The molecule has 1 aliphatic rings. The Morgan fingerprint density at radius 1 is 0.978 bits per heavy atom. The Bertz CT molecular complexity index is 1210. The average molecular weight is 683 g/mol. The number of ether oxygens (including phenoxy) is 1. The first-order valence-electron chi connectivity index (χ1n) is 15.3. The molecule has 0 bridgehead atoms. The second-order valence-electron chi connectivity index (χ2n) is 11.2. The lowest BCUT2D eigenvalue weighted by Gasteiger charge is -2.37. The zero-order chi connectivity index (χ0) is 34.1. The number of carbonyl (C=O) groups is 6. The van der Waals surface area contributed by atoms with Crippen LogP contribution in [0.5, 0.6) is 0 Å². The van der Waals surface area contributed by atoms with Crippen molar-refractivity contribution >= 4 is 59.0 Å². The zero-order valence-corrected chi connectivity index (χ0v) is 28.0. The van der Waals surface area contributed by atoms with Crippen LogP contribution in [0.25, 0.3) is 0 Å². The van der Waals surface area contributed by atoms with Crippen molar-refractivity contribution in [3.8, 4) is 0 Å². The minimum atomic E-state index is -1.36. The van der Waals surface area contributed by atoms with Crippen molar-refractivity contribution in [3.05, 3.63) is 29.6 Å². The maximum atomic E-state index is 13.7. The molecule has 16 heteroatoms. The van der Waals surface area contributed by atoms with Gasteiger partial charge < -0.3 is 37.3 Å². The van der Waals surface area contributed by atoms with Crippen LogP contribution in [-0.4, -0.2) is 87.9 Å².